The van der Waals surface area contributed by atoms with Crippen molar-refractivity contribution in [2.24, 2.45) is 0 Å². The number of nitrogens with zero attached hydrogens (tertiary/aromatic N) is 2. The summed E-state index contributed by atoms with van der Waals surface area (Å²) in [6, 6.07) is -1.91. The molecule has 3 fully saturated rings. The zero-order valence-corrected chi connectivity index (χ0v) is 14.8. The lowest BCUT2D eigenvalue weighted by molar-refractivity contribution is 0.0510. The minimum Gasteiger partial charge on any atom is -0.378 e. The first-order chi connectivity index (χ1) is 11.9. The molecule has 0 bridgehead atoms. The third-order valence-corrected chi connectivity index (χ3v) is 6.30. The molecule has 0 saturated carbocycles. The summed E-state index contributed by atoms with van der Waals surface area (Å²) in [5, 5.41) is 5.51. The fourth-order valence-electron chi connectivity index (χ4n) is 3.16. The molecule has 0 spiro atoms. The van der Waals surface area contributed by atoms with E-state index in [0.29, 0.717) is 52.6 Å². The predicted octanol–water partition coefficient (Wildman–Crippen LogP) is -1.76. The van der Waals surface area contributed by atoms with Crippen LogP contribution in [0.25, 0.3) is 0 Å². The van der Waals surface area contributed by atoms with Gasteiger partial charge in [-0.05, 0) is 0 Å². The van der Waals surface area contributed by atoms with Crippen molar-refractivity contribution in [1.82, 2.24) is 20.4 Å². The molecule has 2 atom stereocenters. The van der Waals surface area contributed by atoms with Gasteiger partial charge in [0.2, 0.25) is 0 Å². The summed E-state index contributed by atoms with van der Waals surface area (Å²) < 4.78 is 34.4. The van der Waals surface area contributed by atoms with Crippen LogP contribution in [0.2, 0.25) is 0 Å². The van der Waals surface area contributed by atoms with E-state index in [1.54, 1.807) is 9.80 Å². The summed E-state index contributed by atoms with van der Waals surface area (Å²) in [7, 11) is -3.31. The number of carbonyl (C=O) groups is 2. The normalized spacial score (nSPS) is 29.3. The highest BCUT2D eigenvalue weighted by molar-refractivity contribution is 7.91. The van der Waals surface area contributed by atoms with Crippen LogP contribution < -0.4 is 10.6 Å². The van der Waals surface area contributed by atoms with Crippen LogP contribution in [0.4, 0.5) is 9.59 Å². The second-order valence-electron chi connectivity index (χ2n) is 6.39. The Morgan fingerprint density at radius 2 is 1.12 bits per heavy atom. The Bertz CT molecular complexity index is 554. The summed E-state index contributed by atoms with van der Waals surface area (Å²) in [5.74, 6) is -0.339. The van der Waals surface area contributed by atoms with Crippen molar-refractivity contribution >= 4 is 21.9 Å². The van der Waals surface area contributed by atoms with Gasteiger partial charge in [0.15, 0.2) is 9.84 Å². The molecule has 25 heavy (non-hydrogen) atoms. The van der Waals surface area contributed by atoms with Crippen molar-refractivity contribution in [3.05, 3.63) is 0 Å². The van der Waals surface area contributed by atoms with E-state index in [1.165, 1.54) is 0 Å². The van der Waals surface area contributed by atoms with Crippen LogP contribution in [0.15, 0.2) is 0 Å². The van der Waals surface area contributed by atoms with E-state index in [1.807, 2.05) is 0 Å². The minimum atomic E-state index is -3.31. The van der Waals surface area contributed by atoms with E-state index in [4.69, 9.17) is 9.47 Å². The molecule has 0 radical (unpaired) electrons. The zero-order valence-electron chi connectivity index (χ0n) is 14.0. The van der Waals surface area contributed by atoms with E-state index in [2.05, 4.69) is 10.6 Å². The monoisotopic (exact) mass is 376 g/mol. The number of hydrogen-bond donors (Lipinski definition) is 2. The molecule has 0 aromatic rings. The van der Waals surface area contributed by atoms with Crippen molar-refractivity contribution < 1.29 is 27.5 Å². The fraction of sp³-hybridized carbons (Fsp3) is 0.857. The quantitative estimate of drug-likeness (QED) is 0.589. The highest BCUT2D eigenvalue weighted by Gasteiger charge is 2.40. The molecule has 10 nitrogen and oxygen atoms in total. The maximum absolute atomic E-state index is 12.3. The number of nitrogens with one attached hydrogen (secondary N) is 2. The molecular weight excluding hydrogens is 352 g/mol. The third-order valence-electron chi connectivity index (χ3n) is 4.57. The summed E-state index contributed by atoms with van der Waals surface area (Å²) in [4.78, 5) is 27.8. The Labute approximate surface area is 146 Å². The van der Waals surface area contributed by atoms with Gasteiger partial charge in [-0.3, -0.25) is 0 Å². The van der Waals surface area contributed by atoms with Crippen molar-refractivity contribution in [3.63, 3.8) is 0 Å². The number of urea groups is 2. The summed E-state index contributed by atoms with van der Waals surface area (Å²) in [6.45, 7) is 3.74. The zero-order chi connectivity index (χ0) is 17.9. The van der Waals surface area contributed by atoms with Gasteiger partial charge >= 0.3 is 12.1 Å². The van der Waals surface area contributed by atoms with Crippen LogP contribution >= 0.6 is 0 Å². The maximum atomic E-state index is 12.3. The predicted molar refractivity (Wildman–Crippen MR) is 88.1 cm³/mol. The van der Waals surface area contributed by atoms with Gasteiger partial charge in [-0.25, -0.2) is 18.0 Å². The van der Waals surface area contributed by atoms with Gasteiger partial charge in [0, 0.05) is 26.2 Å². The van der Waals surface area contributed by atoms with Gasteiger partial charge in [-0.2, -0.15) is 0 Å². The molecule has 3 aliphatic heterocycles. The number of rotatable bonds is 2. The molecule has 3 heterocycles. The first kappa shape index (κ1) is 18.2. The largest absolute Gasteiger partial charge is 0.378 e. The van der Waals surface area contributed by atoms with Gasteiger partial charge in [-0.1, -0.05) is 0 Å². The molecule has 11 heteroatoms. The Hall–Kier alpha value is -1.59. The van der Waals surface area contributed by atoms with Crippen LogP contribution in [-0.2, 0) is 19.3 Å². The average Bonchev–Trinajstić information content (AvgIpc) is 2.89. The second-order valence-corrected chi connectivity index (χ2v) is 8.54. The van der Waals surface area contributed by atoms with E-state index in [9.17, 15) is 18.0 Å². The lowest BCUT2D eigenvalue weighted by Gasteiger charge is -2.31. The first-order valence-corrected chi connectivity index (χ1v) is 10.2. The average molecular weight is 376 g/mol. The minimum absolute atomic E-state index is 0.170. The summed E-state index contributed by atoms with van der Waals surface area (Å²) in [6.07, 6.45) is 0. The van der Waals surface area contributed by atoms with Gasteiger partial charge in [0.25, 0.3) is 0 Å². The molecule has 0 aliphatic carbocycles. The van der Waals surface area contributed by atoms with Crippen LogP contribution in [-0.4, -0.2) is 106 Å². The van der Waals surface area contributed by atoms with E-state index < -0.39 is 21.9 Å². The summed E-state index contributed by atoms with van der Waals surface area (Å²) >= 11 is 0. The Morgan fingerprint density at radius 3 is 1.48 bits per heavy atom. The molecule has 3 aliphatic rings. The Balaban J connectivity index is 1.60. The Kier molecular flexibility index (Phi) is 5.64. The van der Waals surface area contributed by atoms with Crippen LogP contribution in [0.1, 0.15) is 0 Å². The van der Waals surface area contributed by atoms with Crippen LogP contribution in [0.5, 0.6) is 0 Å². The molecule has 2 unspecified atom stereocenters. The number of amides is 4. The third kappa shape index (κ3) is 4.73. The highest BCUT2D eigenvalue weighted by atomic mass is 32.2. The van der Waals surface area contributed by atoms with Gasteiger partial charge in [0.05, 0.1) is 50.0 Å². The molecule has 0 aromatic carbocycles. The van der Waals surface area contributed by atoms with E-state index in [-0.39, 0.29) is 23.6 Å². The van der Waals surface area contributed by atoms with Crippen molar-refractivity contribution in [2.75, 3.05) is 64.1 Å². The number of sulfone groups is 1. The SMILES string of the molecule is O=C(NC1CS(=O)(=O)CC1NC(=O)N1CCOCC1)N1CCOCC1. The molecular formula is C14H24N4O6S. The number of carbonyl (C=O) groups excluding carboxylic acids is 2. The summed E-state index contributed by atoms with van der Waals surface area (Å²) in [5.41, 5.74) is 0. The van der Waals surface area contributed by atoms with E-state index in [0.717, 1.165) is 0 Å². The fourth-order valence-corrected chi connectivity index (χ4v) is 5.03. The number of ether oxygens (including phenoxy) is 2. The van der Waals surface area contributed by atoms with Crippen LogP contribution in [0, 0.1) is 0 Å². The lowest BCUT2D eigenvalue weighted by Crippen LogP contribution is -2.57. The second kappa shape index (κ2) is 7.75. The lowest BCUT2D eigenvalue weighted by atomic mass is 10.2. The van der Waals surface area contributed by atoms with Gasteiger partial charge in [-0.15, -0.1) is 0 Å². The molecule has 3 saturated heterocycles. The van der Waals surface area contributed by atoms with Crippen molar-refractivity contribution in [1.29, 1.82) is 0 Å². The molecule has 3 rings (SSSR count). The van der Waals surface area contributed by atoms with Gasteiger partial charge in [0.1, 0.15) is 0 Å². The van der Waals surface area contributed by atoms with Crippen LogP contribution in [0.3, 0.4) is 0 Å². The maximum Gasteiger partial charge on any atom is 0.317 e. The smallest absolute Gasteiger partial charge is 0.317 e. The van der Waals surface area contributed by atoms with Crippen molar-refractivity contribution in [2.45, 2.75) is 12.1 Å². The van der Waals surface area contributed by atoms with Gasteiger partial charge < -0.3 is 29.9 Å². The molecule has 142 valence electrons. The first-order valence-electron chi connectivity index (χ1n) is 8.41. The highest BCUT2D eigenvalue weighted by Crippen LogP contribution is 2.14. The van der Waals surface area contributed by atoms with E-state index >= 15 is 0 Å². The standard InChI is InChI=1S/C14H24N4O6S/c19-13(17-1-5-23-6-2-17)15-11-9-25(21,22)10-12(11)16-14(20)18-3-7-24-8-4-18/h11-12H,1-10H2,(H,15,19)(H,16,20). The van der Waals surface area contributed by atoms with Crippen molar-refractivity contribution in [3.8, 4) is 0 Å². The molecule has 2 N–H and O–H groups in total. The number of hydrogen-bond acceptors (Lipinski definition) is 6. The molecule has 0 aromatic heterocycles. The molecule has 4 amide bonds. The number of morpholine rings is 2. The Morgan fingerprint density at radius 1 is 0.760 bits per heavy atom. The topological polar surface area (TPSA) is 117 Å².